The lowest BCUT2D eigenvalue weighted by Gasteiger charge is -2.22. The van der Waals surface area contributed by atoms with Crippen molar-refractivity contribution in [3.05, 3.63) is 17.0 Å². The van der Waals surface area contributed by atoms with Crippen molar-refractivity contribution >= 4 is 5.91 Å². The highest BCUT2D eigenvalue weighted by Gasteiger charge is 2.33. The third-order valence-electron chi connectivity index (χ3n) is 5.25. The van der Waals surface area contributed by atoms with Crippen LogP contribution in [0.3, 0.4) is 0 Å². The minimum Gasteiger partial charge on any atom is -0.341 e. The standard InChI is InChI=1S/C19H34N4O/c1-13(2)10-23-16(5)17(15(4)20-23)8-9-19(24)22-11-14(3)18(12-22)21(6)7/h13-14,18H,8-12H2,1-7H3/t14-,18-/m0/s1. The zero-order chi connectivity index (χ0) is 18.0. The molecule has 1 aliphatic heterocycles. The summed E-state index contributed by atoms with van der Waals surface area (Å²) in [5.41, 5.74) is 3.54. The molecule has 1 amide bonds. The zero-order valence-corrected chi connectivity index (χ0v) is 16.5. The van der Waals surface area contributed by atoms with E-state index in [0.29, 0.717) is 24.3 Å². The fourth-order valence-electron chi connectivity index (χ4n) is 3.83. The van der Waals surface area contributed by atoms with Crippen LogP contribution in [-0.4, -0.2) is 58.7 Å². The normalized spacial score (nSPS) is 21.3. The third-order valence-corrected chi connectivity index (χ3v) is 5.25. The van der Waals surface area contributed by atoms with Crippen LogP contribution >= 0.6 is 0 Å². The van der Waals surface area contributed by atoms with E-state index in [-0.39, 0.29) is 5.91 Å². The second kappa shape index (κ2) is 7.68. The molecule has 0 saturated carbocycles. The van der Waals surface area contributed by atoms with Gasteiger partial charge in [-0.3, -0.25) is 9.48 Å². The minimum absolute atomic E-state index is 0.279. The SMILES string of the molecule is Cc1nn(CC(C)C)c(C)c1CCC(=O)N1C[C@H](C)[C@@H](N(C)C)C1. The highest BCUT2D eigenvalue weighted by Crippen LogP contribution is 2.22. The molecule has 0 bridgehead atoms. The van der Waals surface area contributed by atoms with Gasteiger partial charge in [-0.1, -0.05) is 20.8 Å². The molecular weight excluding hydrogens is 300 g/mol. The van der Waals surface area contributed by atoms with Crippen LogP contribution in [0.5, 0.6) is 0 Å². The van der Waals surface area contributed by atoms with Gasteiger partial charge < -0.3 is 9.80 Å². The Labute approximate surface area is 147 Å². The molecule has 2 atom stereocenters. The lowest BCUT2D eigenvalue weighted by Crippen LogP contribution is -2.35. The van der Waals surface area contributed by atoms with Crippen molar-refractivity contribution in [3.63, 3.8) is 0 Å². The van der Waals surface area contributed by atoms with E-state index in [2.05, 4.69) is 63.4 Å². The number of rotatable bonds is 6. The Morgan fingerprint density at radius 2 is 1.96 bits per heavy atom. The van der Waals surface area contributed by atoms with E-state index in [0.717, 1.165) is 31.7 Å². The molecule has 0 aliphatic carbocycles. The Kier molecular flexibility index (Phi) is 6.07. The molecule has 1 fully saturated rings. The molecule has 5 heteroatoms. The molecule has 1 saturated heterocycles. The van der Waals surface area contributed by atoms with Gasteiger partial charge in [-0.25, -0.2) is 0 Å². The summed E-state index contributed by atoms with van der Waals surface area (Å²) in [6.07, 6.45) is 1.38. The van der Waals surface area contributed by atoms with Crippen LogP contribution in [0.4, 0.5) is 0 Å². The summed E-state index contributed by atoms with van der Waals surface area (Å²) in [4.78, 5) is 16.9. The number of carbonyl (C=O) groups is 1. The molecule has 136 valence electrons. The molecule has 0 N–H and O–H groups in total. The van der Waals surface area contributed by atoms with Crippen LogP contribution < -0.4 is 0 Å². The van der Waals surface area contributed by atoms with Crippen molar-refractivity contribution in [1.29, 1.82) is 0 Å². The Hall–Kier alpha value is -1.36. The Balaban J connectivity index is 1.96. The molecular formula is C19H34N4O. The van der Waals surface area contributed by atoms with E-state index in [1.54, 1.807) is 0 Å². The summed E-state index contributed by atoms with van der Waals surface area (Å²) in [7, 11) is 4.20. The quantitative estimate of drug-likeness (QED) is 0.803. The van der Waals surface area contributed by atoms with Gasteiger partial charge in [-0.15, -0.1) is 0 Å². The summed E-state index contributed by atoms with van der Waals surface area (Å²) in [5, 5.41) is 4.66. The fourth-order valence-corrected chi connectivity index (χ4v) is 3.83. The zero-order valence-electron chi connectivity index (χ0n) is 16.5. The van der Waals surface area contributed by atoms with Crippen molar-refractivity contribution in [3.8, 4) is 0 Å². The first-order valence-corrected chi connectivity index (χ1v) is 9.17. The van der Waals surface area contributed by atoms with Gasteiger partial charge in [-0.05, 0) is 51.8 Å². The van der Waals surface area contributed by atoms with Gasteiger partial charge in [0.15, 0.2) is 0 Å². The number of nitrogens with zero attached hydrogens (tertiary/aromatic N) is 4. The van der Waals surface area contributed by atoms with E-state index >= 15 is 0 Å². The first-order chi connectivity index (χ1) is 11.2. The van der Waals surface area contributed by atoms with Crippen LogP contribution in [0.15, 0.2) is 0 Å². The van der Waals surface area contributed by atoms with E-state index < -0.39 is 0 Å². The van der Waals surface area contributed by atoms with E-state index in [9.17, 15) is 4.79 Å². The fraction of sp³-hybridized carbons (Fsp3) is 0.789. The molecule has 5 nitrogen and oxygen atoms in total. The number of carbonyl (C=O) groups excluding carboxylic acids is 1. The van der Waals surface area contributed by atoms with Crippen LogP contribution in [0, 0.1) is 25.7 Å². The van der Waals surface area contributed by atoms with Crippen molar-refractivity contribution in [2.45, 2.75) is 60.0 Å². The number of amides is 1. The maximum atomic E-state index is 12.6. The third kappa shape index (κ3) is 4.18. The van der Waals surface area contributed by atoms with Crippen LogP contribution in [0.25, 0.3) is 0 Å². The number of hydrogen-bond acceptors (Lipinski definition) is 3. The van der Waals surface area contributed by atoms with E-state index in [4.69, 9.17) is 0 Å². The molecule has 0 spiro atoms. The highest BCUT2D eigenvalue weighted by molar-refractivity contribution is 5.77. The van der Waals surface area contributed by atoms with Crippen LogP contribution in [0.2, 0.25) is 0 Å². The molecule has 1 aromatic rings. The summed E-state index contributed by atoms with van der Waals surface area (Å²) >= 11 is 0. The number of aryl methyl sites for hydroxylation is 1. The van der Waals surface area contributed by atoms with Gasteiger partial charge in [0.05, 0.1) is 5.69 Å². The summed E-state index contributed by atoms with van der Waals surface area (Å²) in [6, 6.07) is 0.478. The topological polar surface area (TPSA) is 41.4 Å². The van der Waals surface area contributed by atoms with Gasteiger partial charge in [0, 0.05) is 37.8 Å². The first-order valence-electron chi connectivity index (χ1n) is 9.17. The minimum atomic E-state index is 0.279. The lowest BCUT2D eigenvalue weighted by molar-refractivity contribution is -0.130. The number of hydrogen-bond donors (Lipinski definition) is 0. The van der Waals surface area contributed by atoms with Crippen molar-refractivity contribution in [1.82, 2.24) is 19.6 Å². The van der Waals surface area contributed by atoms with Gasteiger partial charge >= 0.3 is 0 Å². The number of aromatic nitrogens is 2. The summed E-state index contributed by atoms with van der Waals surface area (Å²) in [6.45, 7) is 13.5. The van der Waals surface area contributed by atoms with Gasteiger partial charge in [0.25, 0.3) is 0 Å². The highest BCUT2D eigenvalue weighted by atomic mass is 16.2. The lowest BCUT2D eigenvalue weighted by atomic mass is 10.1. The molecule has 1 aromatic heterocycles. The predicted octanol–water partition coefficient (Wildman–Crippen LogP) is 2.50. The Morgan fingerprint density at radius 1 is 1.29 bits per heavy atom. The van der Waals surface area contributed by atoms with E-state index in [1.165, 1.54) is 11.3 Å². The molecule has 2 rings (SSSR count). The molecule has 24 heavy (non-hydrogen) atoms. The van der Waals surface area contributed by atoms with E-state index in [1.807, 2.05) is 4.90 Å². The van der Waals surface area contributed by atoms with Crippen molar-refractivity contribution < 1.29 is 4.79 Å². The Morgan fingerprint density at radius 3 is 2.50 bits per heavy atom. The first kappa shape index (κ1) is 19.0. The molecule has 1 aliphatic rings. The average Bonchev–Trinajstić information content (AvgIpc) is 2.98. The van der Waals surface area contributed by atoms with Crippen LogP contribution in [-0.2, 0) is 17.8 Å². The number of likely N-dealkylation sites (N-methyl/N-ethyl adjacent to an activating group) is 1. The van der Waals surface area contributed by atoms with Gasteiger partial charge in [0.2, 0.25) is 5.91 Å². The Bertz CT molecular complexity index is 576. The molecule has 2 heterocycles. The largest absolute Gasteiger partial charge is 0.341 e. The van der Waals surface area contributed by atoms with Gasteiger partial charge in [0.1, 0.15) is 0 Å². The van der Waals surface area contributed by atoms with Crippen molar-refractivity contribution in [2.75, 3.05) is 27.2 Å². The van der Waals surface area contributed by atoms with Gasteiger partial charge in [-0.2, -0.15) is 5.10 Å². The smallest absolute Gasteiger partial charge is 0.222 e. The number of likely N-dealkylation sites (tertiary alicyclic amines) is 1. The molecule has 0 radical (unpaired) electrons. The predicted molar refractivity (Wildman–Crippen MR) is 98.1 cm³/mol. The average molecular weight is 335 g/mol. The maximum absolute atomic E-state index is 12.6. The second-order valence-corrected chi connectivity index (χ2v) is 8.03. The maximum Gasteiger partial charge on any atom is 0.222 e. The van der Waals surface area contributed by atoms with Crippen molar-refractivity contribution in [2.24, 2.45) is 11.8 Å². The summed E-state index contributed by atoms with van der Waals surface area (Å²) in [5.74, 6) is 1.40. The monoisotopic (exact) mass is 334 g/mol. The molecule has 0 aromatic carbocycles. The summed E-state index contributed by atoms with van der Waals surface area (Å²) < 4.78 is 2.10. The second-order valence-electron chi connectivity index (χ2n) is 8.03. The molecule has 0 unspecified atom stereocenters. The van der Waals surface area contributed by atoms with Crippen LogP contribution in [0.1, 0.15) is 44.1 Å².